The van der Waals surface area contributed by atoms with E-state index in [1.165, 1.54) is 16.7 Å². The van der Waals surface area contributed by atoms with Crippen LogP contribution in [0.2, 0.25) is 5.02 Å². The molecule has 0 aliphatic carbocycles. The molecule has 0 saturated heterocycles. The van der Waals surface area contributed by atoms with Gasteiger partial charge in [-0.1, -0.05) is 92.2 Å². The Labute approximate surface area is 279 Å². The second kappa shape index (κ2) is 14.0. The fourth-order valence-electron chi connectivity index (χ4n) is 6.14. The Kier molecular flexibility index (Phi) is 9.67. The van der Waals surface area contributed by atoms with Crippen molar-refractivity contribution in [3.63, 3.8) is 0 Å². The lowest BCUT2D eigenvalue weighted by Gasteiger charge is -2.30. The van der Waals surface area contributed by atoms with Gasteiger partial charge in [-0.15, -0.1) is 11.3 Å². The molecule has 0 bridgehead atoms. The summed E-state index contributed by atoms with van der Waals surface area (Å²) in [6, 6.07) is 27.0. The molecule has 3 aromatic carbocycles. The average molecular weight is 648 g/mol. The molecule has 6 rings (SSSR count). The van der Waals surface area contributed by atoms with Crippen molar-refractivity contribution in [2.24, 2.45) is 16.8 Å². The summed E-state index contributed by atoms with van der Waals surface area (Å²) in [6.45, 7) is 4.51. The Morgan fingerprint density at radius 2 is 1.54 bits per heavy atom. The van der Waals surface area contributed by atoms with E-state index in [9.17, 15) is 9.90 Å². The summed E-state index contributed by atoms with van der Waals surface area (Å²) in [4.78, 5) is 25.6. The number of aliphatic imine (C=N–C) groups is 1. The van der Waals surface area contributed by atoms with Crippen molar-refractivity contribution in [2.45, 2.75) is 51.5 Å². The second-order valence-corrected chi connectivity index (χ2v) is 13.9. The zero-order valence-electron chi connectivity index (χ0n) is 26.1. The zero-order chi connectivity index (χ0) is 32.1. The zero-order valence-corrected chi connectivity index (χ0v) is 27.7. The van der Waals surface area contributed by atoms with E-state index in [1.807, 2.05) is 29.7 Å². The van der Waals surface area contributed by atoms with Gasteiger partial charge in [0.2, 0.25) is 0 Å². The molecule has 5 nitrogen and oxygen atoms in total. The summed E-state index contributed by atoms with van der Waals surface area (Å²) < 4.78 is 0. The average Bonchev–Trinajstić information content (AvgIpc) is 3.83. The first-order chi connectivity index (χ1) is 22.3. The molecule has 3 heterocycles. The number of benzene rings is 3. The third-order valence-corrected chi connectivity index (χ3v) is 9.73. The van der Waals surface area contributed by atoms with Crippen LogP contribution in [0, 0.1) is 11.8 Å². The summed E-state index contributed by atoms with van der Waals surface area (Å²) in [5.41, 5.74) is 8.20. The summed E-state index contributed by atoms with van der Waals surface area (Å²) in [7, 11) is 0. The normalized spacial score (nSPS) is 16.3. The van der Waals surface area contributed by atoms with Gasteiger partial charge < -0.3 is 10.1 Å². The number of H-pyrrole nitrogens is 1. The van der Waals surface area contributed by atoms with E-state index in [2.05, 4.69) is 84.6 Å². The van der Waals surface area contributed by atoms with Gasteiger partial charge in [-0.2, -0.15) is 0 Å². The molecular formula is C39H38ClN3O2S. The number of aromatic nitrogens is 2. The number of aromatic amines is 1. The molecule has 2 N–H and O–H groups in total. The number of carbonyl (C=O) groups is 1. The van der Waals surface area contributed by atoms with Gasteiger partial charge in [0.05, 0.1) is 22.2 Å². The van der Waals surface area contributed by atoms with E-state index in [0.717, 1.165) is 52.3 Å². The van der Waals surface area contributed by atoms with Crippen LogP contribution in [0.3, 0.4) is 0 Å². The van der Waals surface area contributed by atoms with E-state index in [1.54, 1.807) is 29.7 Å². The Morgan fingerprint density at radius 1 is 0.891 bits per heavy atom. The summed E-state index contributed by atoms with van der Waals surface area (Å²) in [6.07, 6.45) is 11.4. The monoisotopic (exact) mass is 647 g/mol. The fraction of sp³-hybridized carbons (Fsp3) is 0.256. The largest absolute Gasteiger partial charge is 0.481 e. The first-order valence-electron chi connectivity index (χ1n) is 15.8. The standard InChI is InChI=1S/C39H38ClN3O2S/c1-26(2)20-28-7-4-27(5-8-28)6-9-30-22-35(41-24-30)31-12-14-32(15-13-31)36-25-46-37(43-36)23-39(18-3-19-42-39)34(38(44)45)21-29-10-16-33(40)17-11-29/h3-5,7-8,10-19,22,24-26,34,41H,6,9,20-21,23H2,1-2H3,(H,44,45). The quantitative estimate of drug-likeness (QED) is 0.134. The molecule has 0 fully saturated rings. The lowest BCUT2D eigenvalue weighted by molar-refractivity contribution is -0.143. The minimum Gasteiger partial charge on any atom is -0.481 e. The number of halogens is 1. The number of hydrogen-bond acceptors (Lipinski definition) is 4. The molecule has 0 radical (unpaired) electrons. The van der Waals surface area contributed by atoms with Crippen LogP contribution in [-0.2, 0) is 36.9 Å². The number of carboxylic acid groups (broad SMARTS) is 1. The summed E-state index contributed by atoms with van der Waals surface area (Å²) in [5, 5.41) is 13.8. The molecular weight excluding hydrogens is 610 g/mol. The lowest BCUT2D eigenvalue weighted by atomic mass is 9.78. The summed E-state index contributed by atoms with van der Waals surface area (Å²) in [5.74, 6) is -0.949. The molecule has 1 aliphatic rings. The van der Waals surface area contributed by atoms with Gasteiger partial charge in [0.15, 0.2) is 0 Å². The molecule has 2 aromatic heterocycles. The number of rotatable bonds is 13. The van der Waals surface area contributed by atoms with Gasteiger partial charge in [-0.3, -0.25) is 9.79 Å². The Balaban J connectivity index is 1.10. The van der Waals surface area contributed by atoms with Gasteiger partial charge in [0.25, 0.3) is 0 Å². The number of carboxylic acids is 1. The number of aryl methyl sites for hydroxylation is 2. The highest BCUT2D eigenvalue weighted by Crippen LogP contribution is 2.36. The highest BCUT2D eigenvalue weighted by molar-refractivity contribution is 7.10. The van der Waals surface area contributed by atoms with Gasteiger partial charge in [0, 0.05) is 40.5 Å². The number of nitrogens with one attached hydrogen (secondary N) is 1. The van der Waals surface area contributed by atoms with Crippen LogP contribution in [-0.4, -0.2) is 32.8 Å². The number of aliphatic carboxylic acids is 1. The van der Waals surface area contributed by atoms with Crippen molar-refractivity contribution in [1.29, 1.82) is 0 Å². The molecule has 2 unspecified atom stereocenters. The lowest BCUT2D eigenvalue weighted by Crippen LogP contribution is -2.41. The van der Waals surface area contributed by atoms with E-state index in [0.29, 0.717) is 23.8 Å². The van der Waals surface area contributed by atoms with E-state index < -0.39 is 17.4 Å². The van der Waals surface area contributed by atoms with Crippen molar-refractivity contribution >= 4 is 35.1 Å². The van der Waals surface area contributed by atoms with Crippen molar-refractivity contribution < 1.29 is 9.90 Å². The number of nitrogens with zero attached hydrogens (tertiary/aromatic N) is 2. The van der Waals surface area contributed by atoms with Gasteiger partial charge >= 0.3 is 5.97 Å². The van der Waals surface area contributed by atoms with Crippen LogP contribution in [0.25, 0.3) is 22.5 Å². The molecule has 0 amide bonds. The molecule has 234 valence electrons. The topological polar surface area (TPSA) is 78.3 Å². The predicted molar refractivity (Wildman–Crippen MR) is 190 cm³/mol. The van der Waals surface area contributed by atoms with Crippen LogP contribution in [0.15, 0.2) is 108 Å². The van der Waals surface area contributed by atoms with Crippen molar-refractivity contribution in [3.8, 4) is 22.5 Å². The minimum absolute atomic E-state index is 0.347. The molecule has 5 aromatic rings. The number of hydrogen-bond donors (Lipinski definition) is 2. The number of allylic oxidation sites excluding steroid dienone is 1. The molecule has 0 spiro atoms. The highest BCUT2D eigenvalue weighted by atomic mass is 35.5. The molecule has 46 heavy (non-hydrogen) atoms. The Hall–Kier alpha value is -4.26. The van der Waals surface area contributed by atoms with Crippen molar-refractivity contribution in [3.05, 3.63) is 135 Å². The van der Waals surface area contributed by atoms with Crippen LogP contribution in [0.5, 0.6) is 0 Å². The maximum atomic E-state index is 12.5. The summed E-state index contributed by atoms with van der Waals surface area (Å²) >= 11 is 7.59. The van der Waals surface area contributed by atoms with E-state index >= 15 is 0 Å². The third-order valence-electron chi connectivity index (χ3n) is 8.63. The van der Waals surface area contributed by atoms with Crippen LogP contribution < -0.4 is 0 Å². The Bertz CT molecular complexity index is 1820. The molecule has 7 heteroatoms. The predicted octanol–water partition coefficient (Wildman–Crippen LogP) is 9.31. The fourth-order valence-corrected chi connectivity index (χ4v) is 7.17. The molecule has 0 saturated carbocycles. The van der Waals surface area contributed by atoms with Crippen LogP contribution in [0.1, 0.15) is 41.1 Å². The van der Waals surface area contributed by atoms with Crippen molar-refractivity contribution in [2.75, 3.05) is 0 Å². The molecule has 1 aliphatic heterocycles. The van der Waals surface area contributed by atoms with Crippen LogP contribution >= 0.6 is 22.9 Å². The first kappa shape index (κ1) is 31.7. The molecule has 2 atom stereocenters. The smallest absolute Gasteiger partial charge is 0.309 e. The van der Waals surface area contributed by atoms with Gasteiger partial charge in [0.1, 0.15) is 0 Å². The Morgan fingerprint density at radius 3 is 2.22 bits per heavy atom. The third kappa shape index (κ3) is 7.57. The van der Waals surface area contributed by atoms with E-state index in [4.69, 9.17) is 16.6 Å². The highest BCUT2D eigenvalue weighted by Gasteiger charge is 2.43. The number of thiazole rings is 1. The maximum Gasteiger partial charge on any atom is 0.309 e. The minimum atomic E-state index is -0.896. The van der Waals surface area contributed by atoms with E-state index in [-0.39, 0.29) is 0 Å². The van der Waals surface area contributed by atoms with Gasteiger partial charge in [-0.05, 0) is 83.7 Å². The maximum absolute atomic E-state index is 12.5. The van der Waals surface area contributed by atoms with Gasteiger partial charge in [-0.25, -0.2) is 4.98 Å². The second-order valence-electron chi connectivity index (χ2n) is 12.6. The van der Waals surface area contributed by atoms with Crippen molar-refractivity contribution in [1.82, 2.24) is 9.97 Å². The first-order valence-corrected chi connectivity index (χ1v) is 17.0. The SMILES string of the molecule is CC(C)Cc1ccc(CCc2c[nH]c(-c3ccc(-c4csc(CC5(C(Cc6ccc(Cl)cc6)C(=O)O)C=CC=N5)n4)cc3)c2)cc1. The van der Waals surface area contributed by atoms with Crippen LogP contribution in [0.4, 0.5) is 0 Å².